The molecule has 0 N–H and O–H groups in total. The van der Waals surface area contributed by atoms with Crippen LogP contribution < -0.4 is 0 Å². The number of nitrogens with zero attached hydrogens (tertiary/aromatic N) is 6. The van der Waals surface area contributed by atoms with E-state index in [4.69, 9.17) is 14.8 Å². The minimum atomic E-state index is 0.0567. The first-order chi connectivity index (χ1) is 13.1. The summed E-state index contributed by atoms with van der Waals surface area (Å²) in [6.45, 7) is 9.02. The molecule has 142 valence electrons. The van der Waals surface area contributed by atoms with Gasteiger partial charge in [-0.15, -0.1) is 10.2 Å². The van der Waals surface area contributed by atoms with Crippen molar-refractivity contribution in [3.8, 4) is 0 Å². The SMILES string of the molecule is CC1=NN(/C(=N/c2nnc(C)s2)N2CCOCC2)[C@@H](c2ccc(C)cc2)S1. The Morgan fingerprint density at radius 3 is 2.52 bits per heavy atom. The molecule has 0 unspecified atom stereocenters. The predicted octanol–water partition coefficient (Wildman–Crippen LogP) is 3.56. The molecule has 0 bridgehead atoms. The Balaban J connectivity index is 1.72. The van der Waals surface area contributed by atoms with Crippen molar-refractivity contribution in [3.05, 3.63) is 40.4 Å². The smallest absolute Gasteiger partial charge is 0.234 e. The first kappa shape index (κ1) is 18.4. The van der Waals surface area contributed by atoms with Crippen molar-refractivity contribution in [2.24, 2.45) is 10.1 Å². The molecule has 1 aromatic carbocycles. The lowest BCUT2D eigenvalue weighted by molar-refractivity contribution is 0.0620. The third-order valence-electron chi connectivity index (χ3n) is 4.33. The molecule has 0 spiro atoms. The highest BCUT2D eigenvalue weighted by molar-refractivity contribution is 8.14. The molecule has 2 aliphatic heterocycles. The predicted molar refractivity (Wildman–Crippen MR) is 111 cm³/mol. The molecule has 1 fully saturated rings. The van der Waals surface area contributed by atoms with Crippen molar-refractivity contribution >= 4 is 39.2 Å². The van der Waals surface area contributed by atoms with E-state index < -0.39 is 0 Å². The van der Waals surface area contributed by atoms with Crippen LogP contribution in [0.25, 0.3) is 0 Å². The molecule has 1 saturated heterocycles. The lowest BCUT2D eigenvalue weighted by atomic mass is 10.1. The molecular formula is C18H22N6OS2. The highest BCUT2D eigenvalue weighted by atomic mass is 32.2. The van der Waals surface area contributed by atoms with E-state index in [0.29, 0.717) is 18.3 Å². The van der Waals surface area contributed by atoms with Gasteiger partial charge in [0.25, 0.3) is 0 Å². The second-order valence-electron chi connectivity index (χ2n) is 6.46. The van der Waals surface area contributed by atoms with Crippen LogP contribution in [0, 0.1) is 13.8 Å². The van der Waals surface area contributed by atoms with Gasteiger partial charge in [-0.3, -0.25) is 0 Å². The van der Waals surface area contributed by atoms with Gasteiger partial charge in [-0.1, -0.05) is 52.9 Å². The van der Waals surface area contributed by atoms with Crippen LogP contribution >= 0.6 is 23.1 Å². The number of ether oxygens (including phenoxy) is 1. The lowest BCUT2D eigenvalue weighted by Crippen LogP contribution is -2.47. The normalized spacial score (nSPS) is 20.9. The molecule has 1 atom stereocenters. The van der Waals surface area contributed by atoms with E-state index in [1.807, 2.05) is 18.9 Å². The van der Waals surface area contributed by atoms with Crippen LogP contribution in [0.1, 0.15) is 28.4 Å². The van der Waals surface area contributed by atoms with Crippen molar-refractivity contribution in [3.63, 3.8) is 0 Å². The lowest BCUT2D eigenvalue weighted by Gasteiger charge is -2.34. The van der Waals surface area contributed by atoms with Crippen LogP contribution in [0.2, 0.25) is 0 Å². The topological polar surface area (TPSA) is 66.2 Å². The van der Waals surface area contributed by atoms with Crippen molar-refractivity contribution in [1.29, 1.82) is 0 Å². The summed E-state index contributed by atoms with van der Waals surface area (Å²) < 4.78 is 5.53. The summed E-state index contributed by atoms with van der Waals surface area (Å²) in [5.41, 5.74) is 2.46. The Morgan fingerprint density at radius 2 is 1.85 bits per heavy atom. The van der Waals surface area contributed by atoms with Crippen LogP contribution in [0.15, 0.2) is 34.4 Å². The Hall–Kier alpha value is -1.97. The quantitative estimate of drug-likeness (QED) is 0.565. The molecule has 3 heterocycles. The molecule has 7 nitrogen and oxygen atoms in total. The Labute approximate surface area is 167 Å². The summed E-state index contributed by atoms with van der Waals surface area (Å²) in [5, 5.41) is 17.8. The molecule has 0 saturated carbocycles. The molecule has 0 radical (unpaired) electrons. The van der Waals surface area contributed by atoms with Gasteiger partial charge in [0.2, 0.25) is 11.1 Å². The van der Waals surface area contributed by atoms with E-state index in [0.717, 1.165) is 29.1 Å². The van der Waals surface area contributed by atoms with Gasteiger partial charge in [0.05, 0.1) is 18.3 Å². The summed E-state index contributed by atoms with van der Waals surface area (Å²) in [5.74, 6) is 0.810. The fourth-order valence-corrected chi connectivity index (χ4v) is 4.52. The maximum absolute atomic E-state index is 5.53. The molecule has 0 amide bonds. The largest absolute Gasteiger partial charge is 0.378 e. The second-order valence-corrected chi connectivity index (χ2v) is 8.89. The average molecular weight is 403 g/mol. The van der Waals surface area contributed by atoms with Gasteiger partial charge >= 0.3 is 0 Å². The number of morpholine rings is 1. The summed E-state index contributed by atoms with van der Waals surface area (Å²) in [7, 11) is 0. The molecule has 4 rings (SSSR count). The number of aryl methyl sites for hydroxylation is 2. The first-order valence-electron chi connectivity index (χ1n) is 8.89. The number of hydrazone groups is 1. The summed E-state index contributed by atoms with van der Waals surface area (Å²) in [4.78, 5) is 7.08. The zero-order valence-electron chi connectivity index (χ0n) is 15.6. The van der Waals surface area contributed by atoms with Gasteiger partial charge in [0.15, 0.2) is 0 Å². The number of hydrogen-bond donors (Lipinski definition) is 0. The van der Waals surface area contributed by atoms with E-state index in [1.54, 1.807) is 11.8 Å². The van der Waals surface area contributed by atoms with Crippen LogP contribution in [-0.4, -0.2) is 57.4 Å². The molecule has 27 heavy (non-hydrogen) atoms. The zero-order valence-corrected chi connectivity index (χ0v) is 17.3. The van der Waals surface area contributed by atoms with Gasteiger partial charge in [-0.05, 0) is 26.3 Å². The first-order valence-corrected chi connectivity index (χ1v) is 10.6. The van der Waals surface area contributed by atoms with Crippen molar-refractivity contribution in [2.75, 3.05) is 26.3 Å². The van der Waals surface area contributed by atoms with E-state index in [2.05, 4.69) is 46.3 Å². The van der Waals surface area contributed by atoms with Crippen molar-refractivity contribution < 1.29 is 4.74 Å². The van der Waals surface area contributed by atoms with Crippen LogP contribution in [0.3, 0.4) is 0 Å². The summed E-state index contributed by atoms with van der Waals surface area (Å²) in [6, 6.07) is 8.61. The van der Waals surface area contributed by atoms with Gasteiger partial charge in [0.1, 0.15) is 10.4 Å². The Morgan fingerprint density at radius 1 is 1.11 bits per heavy atom. The number of rotatable bonds is 2. The maximum Gasteiger partial charge on any atom is 0.234 e. The van der Waals surface area contributed by atoms with Gasteiger partial charge < -0.3 is 9.64 Å². The number of aromatic nitrogens is 2. The molecular weight excluding hydrogens is 380 g/mol. The minimum absolute atomic E-state index is 0.0567. The molecule has 1 aromatic heterocycles. The van der Waals surface area contributed by atoms with E-state index in [9.17, 15) is 0 Å². The zero-order chi connectivity index (χ0) is 18.8. The molecule has 9 heteroatoms. The molecule has 2 aromatic rings. The number of thioether (sulfide) groups is 1. The van der Waals surface area contributed by atoms with Gasteiger partial charge in [0, 0.05) is 13.1 Å². The Kier molecular flexibility index (Phi) is 5.42. The molecule has 0 aliphatic carbocycles. The second kappa shape index (κ2) is 7.95. The van der Waals surface area contributed by atoms with Crippen molar-refractivity contribution in [2.45, 2.75) is 26.1 Å². The molecule has 2 aliphatic rings. The van der Waals surface area contributed by atoms with Crippen LogP contribution in [-0.2, 0) is 4.74 Å². The van der Waals surface area contributed by atoms with E-state index >= 15 is 0 Å². The highest BCUT2D eigenvalue weighted by Crippen LogP contribution is 2.40. The highest BCUT2D eigenvalue weighted by Gasteiger charge is 2.34. The fourth-order valence-electron chi connectivity index (χ4n) is 2.98. The number of guanidine groups is 1. The fraction of sp³-hybridized carbons (Fsp3) is 0.444. The maximum atomic E-state index is 5.53. The third kappa shape index (κ3) is 4.15. The van der Waals surface area contributed by atoms with Crippen LogP contribution in [0.4, 0.5) is 5.13 Å². The average Bonchev–Trinajstić information content (AvgIpc) is 3.26. The number of benzene rings is 1. The summed E-state index contributed by atoms with van der Waals surface area (Å²) >= 11 is 3.23. The van der Waals surface area contributed by atoms with Gasteiger partial charge in [-0.2, -0.15) is 10.1 Å². The monoisotopic (exact) mass is 402 g/mol. The third-order valence-corrected chi connectivity index (χ3v) is 6.18. The van der Waals surface area contributed by atoms with E-state index in [-0.39, 0.29) is 5.37 Å². The van der Waals surface area contributed by atoms with Crippen molar-refractivity contribution in [1.82, 2.24) is 20.1 Å². The standard InChI is InChI=1S/C18H22N6OS2/c1-12-4-6-15(7-5-12)16-24(22-14(3)26-16)18(23-8-10-25-11-9-23)19-17-21-20-13(2)27-17/h4-7,16H,8-11H2,1-3H3/b19-18+/t16-/m1/s1. The Bertz CT molecular complexity index is 857. The van der Waals surface area contributed by atoms with Crippen LogP contribution in [0.5, 0.6) is 0 Å². The summed E-state index contributed by atoms with van der Waals surface area (Å²) in [6.07, 6.45) is 0. The van der Waals surface area contributed by atoms with E-state index in [1.165, 1.54) is 22.5 Å². The minimum Gasteiger partial charge on any atom is -0.378 e. The number of hydrogen-bond acceptors (Lipinski definition) is 7. The van der Waals surface area contributed by atoms with Gasteiger partial charge in [-0.25, -0.2) is 5.01 Å². The number of aliphatic imine (C=N–C) groups is 1.